The van der Waals surface area contributed by atoms with E-state index in [0.717, 1.165) is 0 Å². The molecule has 0 saturated carbocycles. The predicted octanol–water partition coefficient (Wildman–Crippen LogP) is 1.83. The van der Waals surface area contributed by atoms with Crippen LogP contribution in [0.4, 0.5) is 8.78 Å². The topological polar surface area (TPSA) is 54.6 Å². The molecule has 1 atom stereocenters. The van der Waals surface area contributed by atoms with E-state index in [2.05, 4.69) is 5.32 Å². The first kappa shape index (κ1) is 15.4. The number of alkyl halides is 2. The second kappa shape index (κ2) is 8.47. The van der Waals surface area contributed by atoms with Crippen LogP contribution in [0.5, 0.6) is 0 Å². The maximum Gasteiger partial charge on any atom is 0.284 e. The Morgan fingerprint density at radius 3 is 2.78 bits per heavy atom. The van der Waals surface area contributed by atoms with E-state index < -0.39 is 5.76 Å². The van der Waals surface area contributed by atoms with E-state index in [1.165, 1.54) is 0 Å². The molecule has 1 aromatic heterocycles. The van der Waals surface area contributed by atoms with Crippen molar-refractivity contribution >= 4 is 11.8 Å². The van der Waals surface area contributed by atoms with Gasteiger partial charge in [-0.05, 0) is 12.1 Å². The van der Waals surface area contributed by atoms with Gasteiger partial charge in [0, 0.05) is 7.11 Å². The van der Waals surface area contributed by atoms with Gasteiger partial charge in [0.05, 0.1) is 31.6 Å². The van der Waals surface area contributed by atoms with Gasteiger partial charge in [0.1, 0.15) is 11.5 Å². The number of thioether (sulfide) groups is 1. The molecule has 4 nitrogen and oxygen atoms in total. The third-order valence-corrected chi connectivity index (χ3v) is 2.93. The van der Waals surface area contributed by atoms with Crippen LogP contribution in [0.2, 0.25) is 0 Å². The van der Waals surface area contributed by atoms with E-state index in [4.69, 9.17) is 14.3 Å². The molecule has 104 valence electrons. The Morgan fingerprint density at radius 1 is 1.44 bits per heavy atom. The maximum absolute atomic E-state index is 12.0. The normalized spacial score (nSPS) is 13.2. The summed E-state index contributed by atoms with van der Waals surface area (Å²) in [6.07, 6.45) is 0. The van der Waals surface area contributed by atoms with Gasteiger partial charge in [0.15, 0.2) is 0 Å². The van der Waals surface area contributed by atoms with E-state index in [0.29, 0.717) is 36.4 Å². The Hall–Kier alpha value is -0.630. The van der Waals surface area contributed by atoms with Gasteiger partial charge in [0.25, 0.3) is 5.76 Å². The highest BCUT2D eigenvalue weighted by Crippen LogP contribution is 2.21. The summed E-state index contributed by atoms with van der Waals surface area (Å²) in [6, 6.07) is 3.24. The summed E-state index contributed by atoms with van der Waals surface area (Å²) in [6.45, 7) is 0.780. The molecule has 1 heterocycles. The van der Waals surface area contributed by atoms with Gasteiger partial charge >= 0.3 is 0 Å². The fourth-order valence-corrected chi connectivity index (χ4v) is 1.81. The van der Waals surface area contributed by atoms with Crippen molar-refractivity contribution in [2.75, 3.05) is 20.3 Å². The van der Waals surface area contributed by atoms with Crippen LogP contribution in [0.3, 0.4) is 0 Å². The quantitative estimate of drug-likeness (QED) is 0.723. The van der Waals surface area contributed by atoms with Crippen molar-refractivity contribution < 1.29 is 23.0 Å². The van der Waals surface area contributed by atoms with Crippen LogP contribution in [0, 0.1) is 0 Å². The summed E-state index contributed by atoms with van der Waals surface area (Å²) in [7, 11) is 1.55. The number of hydrogen-bond acceptors (Lipinski definition) is 5. The van der Waals surface area contributed by atoms with Crippen LogP contribution in [0.1, 0.15) is 11.5 Å². The smallest absolute Gasteiger partial charge is 0.284 e. The molecule has 1 aromatic rings. The number of rotatable bonds is 9. The van der Waals surface area contributed by atoms with Crippen LogP contribution in [0.25, 0.3) is 0 Å². The number of nitrogens with one attached hydrogen (secondary N) is 1. The first-order valence-corrected chi connectivity index (χ1v) is 6.51. The number of ether oxygens (including phenoxy) is 1. The summed E-state index contributed by atoms with van der Waals surface area (Å²) in [5, 5.41) is 12.1. The highest BCUT2D eigenvalue weighted by Gasteiger charge is 2.09. The standard InChI is InChI=1S/C11H17F2NO3S/c1-16-6-8(5-15)14-4-9-2-3-10(17-9)7-18-11(12)13/h2-3,8,11,14-15H,4-7H2,1H3. The summed E-state index contributed by atoms with van der Waals surface area (Å²) in [5.74, 6) is -1.07. The van der Waals surface area contributed by atoms with Crippen LogP contribution in [0.15, 0.2) is 16.5 Å². The van der Waals surface area contributed by atoms with Crippen molar-refractivity contribution in [3.63, 3.8) is 0 Å². The fourth-order valence-electron chi connectivity index (χ4n) is 1.36. The van der Waals surface area contributed by atoms with Crippen LogP contribution in [-0.2, 0) is 17.0 Å². The maximum atomic E-state index is 12.0. The summed E-state index contributed by atoms with van der Waals surface area (Å²) in [4.78, 5) is 0. The zero-order valence-corrected chi connectivity index (χ0v) is 10.9. The zero-order chi connectivity index (χ0) is 13.4. The van der Waals surface area contributed by atoms with Gasteiger partial charge in [-0.25, -0.2) is 0 Å². The second-order valence-electron chi connectivity index (χ2n) is 3.66. The number of aliphatic hydroxyl groups excluding tert-OH is 1. The molecule has 0 spiro atoms. The minimum Gasteiger partial charge on any atom is -0.464 e. The lowest BCUT2D eigenvalue weighted by molar-refractivity contribution is 0.127. The summed E-state index contributed by atoms with van der Waals surface area (Å²) < 4.78 is 34.2. The first-order chi connectivity index (χ1) is 8.65. The van der Waals surface area contributed by atoms with E-state index in [1.54, 1.807) is 19.2 Å². The number of aliphatic hydroxyl groups is 1. The lowest BCUT2D eigenvalue weighted by Gasteiger charge is -2.13. The Kier molecular flexibility index (Phi) is 7.26. The van der Waals surface area contributed by atoms with Gasteiger partial charge in [-0.2, -0.15) is 8.78 Å². The molecule has 0 amide bonds. The third-order valence-electron chi connectivity index (χ3n) is 2.22. The molecular formula is C11H17F2NO3S. The minimum absolute atomic E-state index is 0.0390. The van der Waals surface area contributed by atoms with Crippen molar-refractivity contribution in [1.82, 2.24) is 5.32 Å². The van der Waals surface area contributed by atoms with Crippen LogP contribution < -0.4 is 5.32 Å². The molecule has 1 unspecified atom stereocenters. The molecule has 0 aliphatic heterocycles. The van der Waals surface area contributed by atoms with Gasteiger partial charge in [-0.1, -0.05) is 11.8 Å². The Labute approximate surface area is 109 Å². The number of hydrogen-bond donors (Lipinski definition) is 2. The molecule has 0 aliphatic rings. The number of methoxy groups -OCH3 is 1. The lowest BCUT2D eigenvalue weighted by atomic mass is 10.3. The minimum atomic E-state index is -2.39. The zero-order valence-electron chi connectivity index (χ0n) is 10.1. The molecule has 2 N–H and O–H groups in total. The first-order valence-electron chi connectivity index (χ1n) is 5.46. The van der Waals surface area contributed by atoms with Gasteiger partial charge < -0.3 is 19.6 Å². The lowest BCUT2D eigenvalue weighted by Crippen LogP contribution is -2.35. The molecule has 1 rings (SSSR count). The molecule has 0 aromatic carbocycles. The molecule has 0 aliphatic carbocycles. The molecule has 18 heavy (non-hydrogen) atoms. The molecule has 7 heteroatoms. The van der Waals surface area contributed by atoms with E-state index in [-0.39, 0.29) is 18.4 Å². The van der Waals surface area contributed by atoms with Gasteiger partial charge in [-0.3, -0.25) is 0 Å². The van der Waals surface area contributed by atoms with Crippen molar-refractivity contribution in [3.05, 3.63) is 23.7 Å². The second-order valence-corrected chi connectivity index (χ2v) is 4.63. The summed E-state index contributed by atoms with van der Waals surface area (Å²) in [5.41, 5.74) is 0. The molecule has 0 saturated heterocycles. The Balaban J connectivity index is 2.34. The fraction of sp³-hybridized carbons (Fsp3) is 0.636. The third kappa shape index (κ3) is 5.81. The number of furan rings is 1. The largest absolute Gasteiger partial charge is 0.464 e. The van der Waals surface area contributed by atoms with Crippen LogP contribution in [-0.4, -0.2) is 37.2 Å². The summed E-state index contributed by atoms with van der Waals surface area (Å²) >= 11 is 0.527. The molecule has 0 radical (unpaired) electrons. The average molecular weight is 281 g/mol. The van der Waals surface area contributed by atoms with Crippen molar-refractivity contribution in [3.8, 4) is 0 Å². The number of halogens is 2. The van der Waals surface area contributed by atoms with Crippen molar-refractivity contribution in [1.29, 1.82) is 0 Å². The highest BCUT2D eigenvalue weighted by molar-refractivity contribution is 7.98. The van der Waals surface area contributed by atoms with E-state index in [1.807, 2.05) is 0 Å². The van der Waals surface area contributed by atoms with E-state index in [9.17, 15) is 8.78 Å². The van der Waals surface area contributed by atoms with E-state index >= 15 is 0 Å². The molecule has 0 fully saturated rings. The van der Waals surface area contributed by atoms with Crippen molar-refractivity contribution in [2.24, 2.45) is 0 Å². The molecular weight excluding hydrogens is 264 g/mol. The van der Waals surface area contributed by atoms with Crippen molar-refractivity contribution in [2.45, 2.75) is 24.1 Å². The van der Waals surface area contributed by atoms with Gasteiger partial charge in [0.2, 0.25) is 0 Å². The predicted molar refractivity (Wildman–Crippen MR) is 65.6 cm³/mol. The highest BCUT2D eigenvalue weighted by atomic mass is 32.2. The monoisotopic (exact) mass is 281 g/mol. The van der Waals surface area contributed by atoms with Crippen LogP contribution >= 0.6 is 11.8 Å². The van der Waals surface area contributed by atoms with Gasteiger partial charge in [-0.15, -0.1) is 0 Å². The SMILES string of the molecule is COCC(CO)NCc1ccc(CSC(F)F)o1. The Bertz CT molecular complexity index is 336. The average Bonchev–Trinajstić information content (AvgIpc) is 2.80. The molecule has 0 bridgehead atoms. The Morgan fingerprint density at radius 2 is 2.17 bits per heavy atom.